The summed E-state index contributed by atoms with van der Waals surface area (Å²) in [6.07, 6.45) is 7.55. The van der Waals surface area contributed by atoms with Gasteiger partial charge in [-0.25, -0.2) is 0 Å². The molecular formula is C24H35NO3. The van der Waals surface area contributed by atoms with E-state index in [0.29, 0.717) is 5.75 Å². The summed E-state index contributed by atoms with van der Waals surface area (Å²) in [5, 5.41) is 10.7. The molecule has 3 aliphatic rings. The molecule has 0 amide bonds. The lowest BCUT2D eigenvalue weighted by molar-refractivity contribution is 0.0642. The Morgan fingerprint density at radius 2 is 2.07 bits per heavy atom. The number of hydrogen-bond acceptors (Lipinski definition) is 4. The van der Waals surface area contributed by atoms with E-state index in [1.165, 1.54) is 12.8 Å². The van der Waals surface area contributed by atoms with Gasteiger partial charge in [-0.3, -0.25) is 9.69 Å². The van der Waals surface area contributed by atoms with E-state index in [1.807, 2.05) is 12.1 Å². The van der Waals surface area contributed by atoms with Gasteiger partial charge in [0.15, 0.2) is 5.78 Å². The highest BCUT2D eigenvalue weighted by atomic mass is 16.5. The summed E-state index contributed by atoms with van der Waals surface area (Å²) in [6, 6.07) is 3.92. The van der Waals surface area contributed by atoms with E-state index < -0.39 is 0 Å². The Morgan fingerprint density at radius 1 is 1.29 bits per heavy atom. The van der Waals surface area contributed by atoms with E-state index in [1.54, 1.807) is 7.11 Å². The second-order valence-electron chi connectivity index (χ2n) is 9.53. The molecule has 0 aromatic heterocycles. The van der Waals surface area contributed by atoms with Crippen LogP contribution in [-0.4, -0.2) is 48.6 Å². The molecule has 4 nitrogen and oxygen atoms in total. The van der Waals surface area contributed by atoms with Crippen molar-refractivity contribution in [2.45, 2.75) is 70.3 Å². The van der Waals surface area contributed by atoms with Gasteiger partial charge >= 0.3 is 0 Å². The van der Waals surface area contributed by atoms with E-state index >= 15 is 0 Å². The number of nitrogens with zero attached hydrogens (tertiary/aromatic N) is 1. The number of phenols is 1. The molecule has 3 atom stereocenters. The quantitative estimate of drug-likeness (QED) is 0.710. The smallest absolute Gasteiger partial charge is 0.180 e. The Bertz CT molecular complexity index is 742. The topological polar surface area (TPSA) is 49.8 Å². The summed E-state index contributed by atoms with van der Waals surface area (Å²) in [4.78, 5) is 16.1. The number of ketones is 1. The molecule has 2 aliphatic carbocycles. The van der Waals surface area contributed by atoms with Gasteiger partial charge < -0.3 is 9.84 Å². The number of methoxy groups -OCH3 is 1. The molecule has 0 radical (unpaired) electrons. The van der Waals surface area contributed by atoms with Crippen molar-refractivity contribution in [1.82, 2.24) is 4.90 Å². The van der Waals surface area contributed by atoms with E-state index in [9.17, 15) is 9.90 Å². The van der Waals surface area contributed by atoms with Crippen molar-refractivity contribution in [2.75, 3.05) is 26.8 Å². The van der Waals surface area contributed by atoms with Gasteiger partial charge in [0.25, 0.3) is 0 Å². The zero-order valence-corrected chi connectivity index (χ0v) is 17.7. The molecule has 154 valence electrons. The van der Waals surface area contributed by atoms with Crippen LogP contribution in [0.2, 0.25) is 0 Å². The number of Topliss-reactive ketones (excluding diaryl/α,β-unsaturated/α-hetero) is 1. The van der Waals surface area contributed by atoms with E-state index in [-0.39, 0.29) is 23.2 Å². The standard InChI is InChI=1S/C24H35NO3/c1-16-22-23(27)19-13-18(7-4-5-12-28-3)21(26)14-20(19)24(16,2)10-6-11-25(22)15-17-8-9-17/h13-14,16-17,22,26H,4-12,15H2,1-3H3/t16-,22-,24+/m0/s1. The first kappa shape index (κ1) is 19.9. The number of phenolic OH excluding ortho intramolecular Hbond substituents is 1. The number of likely N-dealkylation sites (tertiary alicyclic amines) is 1. The number of rotatable bonds is 7. The van der Waals surface area contributed by atoms with E-state index in [2.05, 4.69) is 18.7 Å². The van der Waals surface area contributed by atoms with Crippen LogP contribution in [0.4, 0.5) is 0 Å². The van der Waals surface area contributed by atoms with Gasteiger partial charge in [-0.1, -0.05) is 13.8 Å². The predicted octanol–water partition coefficient (Wildman–Crippen LogP) is 4.33. The van der Waals surface area contributed by atoms with Crippen LogP contribution in [0.5, 0.6) is 5.75 Å². The lowest BCUT2D eigenvalue weighted by atomic mass is 9.61. The molecule has 1 heterocycles. The van der Waals surface area contributed by atoms with Crippen LogP contribution in [-0.2, 0) is 16.6 Å². The summed E-state index contributed by atoms with van der Waals surface area (Å²) in [6.45, 7) is 7.41. The van der Waals surface area contributed by atoms with Crippen LogP contribution < -0.4 is 0 Å². The van der Waals surface area contributed by atoms with Crippen molar-refractivity contribution in [3.63, 3.8) is 0 Å². The van der Waals surface area contributed by atoms with Gasteiger partial charge in [-0.2, -0.15) is 0 Å². The maximum atomic E-state index is 13.6. The van der Waals surface area contributed by atoms with Crippen molar-refractivity contribution in [3.05, 3.63) is 28.8 Å². The SMILES string of the molecule is COCCCCc1cc2c(cc1O)[C@]1(C)CCCN(CC3CC3)[C@H](C2=O)[C@@H]1C. The molecule has 4 rings (SSSR count). The van der Waals surface area contributed by atoms with Crippen molar-refractivity contribution in [2.24, 2.45) is 11.8 Å². The van der Waals surface area contributed by atoms with Gasteiger partial charge in [0, 0.05) is 25.8 Å². The normalized spacial score (nSPS) is 30.2. The first-order chi connectivity index (χ1) is 13.5. The van der Waals surface area contributed by atoms with Crippen LogP contribution >= 0.6 is 0 Å². The minimum atomic E-state index is -0.0434. The van der Waals surface area contributed by atoms with Crippen LogP contribution in [0.1, 0.15) is 73.9 Å². The minimum Gasteiger partial charge on any atom is -0.508 e. The Kier molecular flexibility index (Phi) is 5.54. The van der Waals surface area contributed by atoms with Crippen LogP contribution in [0, 0.1) is 11.8 Å². The largest absolute Gasteiger partial charge is 0.508 e. The molecule has 1 aromatic rings. The fraction of sp³-hybridized carbons (Fsp3) is 0.708. The van der Waals surface area contributed by atoms with Gasteiger partial charge in [-0.05, 0) is 92.0 Å². The molecule has 2 bridgehead atoms. The fourth-order valence-electron chi connectivity index (χ4n) is 5.52. The average Bonchev–Trinajstić information content (AvgIpc) is 3.49. The van der Waals surface area contributed by atoms with E-state index in [4.69, 9.17) is 4.74 Å². The second kappa shape index (κ2) is 7.79. The Hall–Kier alpha value is -1.39. The number of fused-ring (bicyclic) bond motifs is 4. The van der Waals surface area contributed by atoms with E-state index in [0.717, 1.165) is 74.4 Å². The van der Waals surface area contributed by atoms with Crippen molar-refractivity contribution >= 4 is 5.78 Å². The predicted molar refractivity (Wildman–Crippen MR) is 111 cm³/mol. The maximum absolute atomic E-state index is 13.6. The second-order valence-corrected chi connectivity index (χ2v) is 9.53. The molecule has 1 saturated heterocycles. The molecule has 1 aromatic carbocycles. The summed E-state index contributed by atoms with van der Waals surface area (Å²) < 4.78 is 5.13. The Labute approximate surface area is 169 Å². The molecule has 1 saturated carbocycles. The monoisotopic (exact) mass is 385 g/mol. The number of hydrogen-bond donors (Lipinski definition) is 1. The summed E-state index contributed by atoms with van der Waals surface area (Å²) in [5.41, 5.74) is 2.81. The number of carbonyl (C=O) groups excluding carboxylic acids is 1. The lowest BCUT2D eigenvalue weighted by Gasteiger charge is -2.46. The summed E-state index contributed by atoms with van der Waals surface area (Å²) in [7, 11) is 1.71. The maximum Gasteiger partial charge on any atom is 0.180 e. The highest BCUT2D eigenvalue weighted by molar-refractivity contribution is 6.04. The van der Waals surface area contributed by atoms with Gasteiger partial charge in [0.2, 0.25) is 0 Å². The van der Waals surface area contributed by atoms with Crippen molar-refractivity contribution < 1.29 is 14.6 Å². The molecule has 0 unspecified atom stereocenters. The zero-order valence-electron chi connectivity index (χ0n) is 17.7. The zero-order chi connectivity index (χ0) is 19.9. The molecule has 2 fully saturated rings. The fourth-order valence-corrected chi connectivity index (χ4v) is 5.52. The number of carbonyl (C=O) groups is 1. The first-order valence-corrected chi connectivity index (χ1v) is 11.1. The van der Waals surface area contributed by atoms with Crippen LogP contribution in [0.3, 0.4) is 0 Å². The lowest BCUT2D eigenvalue weighted by Crippen LogP contribution is -2.53. The number of aromatic hydroxyl groups is 1. The average molecular weight is 386 g/mol. The third-order valence-corrected chi connectivity index (χ3v) is 7.62. The third kappa shape index (κ3) is 3.50. The number of unbranched alkanes of at least 4 members (excludes halogenated alkanes) is 1. The Morgan fingerprint density at radius 3 is 2.79 bits per heavy atom. The molecule has 4 heteroatoms. The molecular weight excluding hydrogens is 350 g/mol. The van der Waals surface area contributed by atoms with Gasteiger partial charge in [0.05, 0.1) is 6.04 Å². The highest BCUT2D eigenvalue weighted by Gasteiger charge is 2.51. The molecule has 1 N–H and O–H groups in total. The Balaban J connectivity index is 1.68. The molecule has 28 heavy (non-hydrogen) atoms. The highest BCUT2D eigenvalue weighted by Crippen LogP contribution is 2.50. The van der Waals surface area contributed by atoms with Crippen molar-refractivity contribution in [3.8, 4) is 5.75 Å². The molecule has 1 aliphatic heterocycles. The summed E-state index contributed by atoms with van der Waals surface area (Å²) in [5.74, 6) is 1.71. The van der Waals surface area contributed by atoms with Gasteiger partial charge in [0.1, 0.15) is 5.75 Å². The number of benzene rings is 1. The summed E-state index contributed by atoms with van der Waals surface area (Å²) >= 11 is 0. The first-order valence-electron chi connectivity index (χ1n) is 11.1. The van der Waals surface area contributed by atoms with Crippen LogP contribution in [0.15, 0.2) is 12.1 Å². The minimum absolute atomic E-state index is 0.00788. The third-order valence-electron chi connectivity index (χ3n) is 7.62. The van der Waals surface area contributed by atoms with Gasteiger partial charge in [-0.15, -0.1) is 0 Å². The number of ether oxygens (including phenoxy) is 1. The number of aryl methyl sites for hydroxylation is 1. The molecule has 0 spiro atoms. The van der Waals surface area contributed by atoms with Crippen molar-refractivity contribution in [1.29, 1.82) is 0 Å². The van der Waals surface area contributed by atoms with Crippen LogP contribution in [0.25, 0.3) is 0 Å².